The molecule has 0 amide bonds. The normalized spacial score (nSPS) is 10.2. The van der Waals surface area contributed by atoms with Crippen molar-refractivity contribution in [2.45, 2.75) is 13.5 Å². The standard InChI is InChI=1S/C15H19N3O3/c1-3-20-13-6-4-5-7-14(13)21-9-8-18-15(19)10-12(16-2)11-17-18/h4-7,10-11,16H,3,8-9H2,1-2H3. The Morgan fingerprint density at radius 1 is 1.24 bits per heavy atom. The Labute approximate surface area is 123 Å². The zero-order valence-electron chi connectivity index (χ0n) is 12.2. The van der Waals surface area contributed by atoms with Crippen LogP contribution < -0.4 is 20.3 Å². The van der Waals surface area contributed by atoms with Crippen molar-refractivity contribution in [3.8, 4) is 11.5 Å². The number of aromatic nitrogens is 2. The molecule has 0 aliphatic heterocycles. The third kappa shape index (κ3) is 3.98. The molecular formula is C15H19N3O3. The van der Waals surface area contributed by atoms with E-state index >= 15 is 0 Å². The summed E-state index contributed by atoms with van der Waals surface area (Å²) in [7, 11) is 1.74. The molecule has 1 N–H and O–H groups in total. The molecule has 0 atom stereocenters. The van der Waals surface area contributed by atoms with Crippen LogP contribution in [0.15, 0.2) is 41.3 Å². The molecule has 6 nitrogen and oxygen atoms in total. The number of para-hydroxylation sites is 2. The number of nitrogens with one attached hydrogen (secondary N) is 1. The van der Waals surface area contributed by atoms with Gasteiger partial charge in [-0.25, -0.2) is 4.68 Å². The van der Waals surface area contributed by atoms with Crippen LogP contribution in [-0.2, 0) is 6.54 Å². The second kappa shape index (κ2) is 7.33. The first-order valence-corrected chi connectivity index (χ1v) is 6.84. The number of ether oxygens (including phenoxy) is 2. The molecule has 0 aliphatic rings. The van der Waals surface area contributed by atoms with Crippen molar-refractivity contribution in [1.29, 1.82) is 0 Å². The topological polar surface area (TPSA) is 65.4 Å². The van der Waals surface area contributed by atoms with Gasteiger partial charge < -0.3 is 14.8 Å². The van der Waals surface area contributed by atoms with Gasteiger partial charge in [0.1, 0.15) is 6.61 Å². The summed E-state index contributed by atoms with van der Waals surface area (Å²) in [4.78, 5) is 11.8. The largest absolute Gasteiger partial charge is 0.490 e. The lowest BCUT2D eigenvalue weighted by atomic mass is 10.3. The summed E-state index contributed by atoms with van der Waals surface area (Å²) in [6.45, 7) is 3.22. The third-order valence-electron chi connectivity index (χ3n) is 2.87. The molecule has 0 bridgehead atoms. The number of nitrogens with zero attached hydrogens (tertiary/aromatic N) is 2. The Bertz CT molecular complexity index is 640. The molecule has 21 heavy (non-hydrogen) atoms. The molecule has 2 rings (SSSR count). The van der Waals surface area contributed by atoms with Crippen LogP contribution in [0.4, 0.5) is 5.69 Å². The van der Waals surface area contributed by atoms with Crippen LogP contribution in [0.2, 0.25) is 0 Å². The second-order valence-corrected chi connectivity index (χ2v) is 4.28. The highest BCUT2D eigenvalue weighted by Crippen LogP contribution is 2.26. The van der Waals surface area contributed by atoms with Crippen molar-refractivity contribution in [2.75, 3.05) is 25.6 Å². The van der Waals surface area contributed by atoms with E-state index in [1.165, 1.54) is 10.7 Å². The van der Waals surface area contributed by atoms with Gasteiger partial charge in [-0.3, -0.25) is 4.79 Å². The van der Waals surface area contributed by atoms with Gasteiger partial charge in [-0.15, -0.1) is 0 Å². The summed E-state index contributed by atoms with van der Waals surface area (Å²) in [6, 6.07) is 8.96. The van der Waals surface area contributed by atoms with Gasteiger partial charge >= 0.3 is 0 Å². The summed E-state index contributed by atoms with van der Waals surface area (Å²) in [5, 5.41) is 6.94. The van der Waals surface area contributed by atoms with E-state index in [9.17, 15) is 4.79 Å². The number of rotatable bonds is 7. The van der Waals surface area contributed by atoms with Gasteiger partial charge in [-0.1, -0.05) is 12.1 Å². The maximum atomic E-state index is 11.8. The average Bonchev–Trinajstić information content (AvgIpc) is 2.50. The van der Waals surface area contributed by atoms with Crippen molar-refractivity contribution in [1.82, 2.24) is 9.78 Å². The SMILES string of the molecule is CCOc1ccccc1OCCn1ncc(NC)cc1=O. The molecule has 0 aliphatic carbocycles. The Balaban J connectivity index is 1.97. The average molecular weight is 289 g/mol. The fourth-order valence-electron chi connectivity index (χ4n) is 1.82. The summed E-state index contributed by atoms with van der Waals surface area (Å²) < 4.78 is 12.5. The predicted octanol–water partition coefficient (Wildman–Crippen LogP) is 1.76. The van der Waals surface area contributed by atoms with Crippen molar-refractivity contribution in [3.63, 3.8) is 0 Å². The quantitative estimate of drug-likeness (QED) is 0.841. The Hall–Kier alpha value is -2.50. The predicted molar refractivity (Wildman–Crippen MR) is 81.1 cm³/mol. The van der Waals surface area contributed by atoms with E-state index in [2.05, 4.69) is 10.4 Å². The van der Waals surface area contributed by atoms with Crippen LogP contribution in [0.3, 0.4) is 0 Å². The van der Waals surface area contributed by atoms with Gasteiger partial charge in [0.15, 0.2) is 11.5 Å². The van der Waals surface area contributed by atoms with Gasteiger partial charge in [-0.05, 0) is 19.1 Å². The monoisotopic (exact) mass is 289 g/mol. The number of hydrogen-bond acceptors (Lipinski definition) is 5. The molecule has 1 aromatic carbocycles. The first-order chi connectivity index (χ1) is 10.2. The molecule has 0 saturated carbocycles. The van der Waals surface area contributed by atoms with E-state index in [0.29, 0.717) is 36.9 Å². The lowest BCUT2D eigenvalue weighted by molar-refractivity contribution is 0.260. The van der Waals surface area contributed by atoms with E-state index < -0.39 is 0 Å². The van der Waals surface area contributed by atoms with Crippen molar-refractivity contribution in [3.05, 3.63) is 46.9 Å². The Morgan fingerprint density at radius 2 is 1.95 bits per heavy atom. The second-order valence-electron chi connectivity index (χ2n) is 4.28. The van der Waals surface area contributed by atoms with E-state index in [1.807, 2.05) is 31.2 Å². The van der Waals surface area contributed by atoms with Crippen LogP contribution >= 0.6 is 0 Å². The van der Waals surface area contributed by atoms with Crippen LogP contribution in [0.5, 0.6) is 11.5 Å². The molecule has 1 aromatic heterocycles. The molecule has 0 saturated heterocycles. The number of benzene rings is 1. The van der Waals surface area contributed by atoms with Crippen LogP contribution in [0, 0.1) is 0 Å². The zero-order chi connectivity index (χ0) is 15.1. The molecule has 0 unspecified atom stereocenters. The van der Waals surface area contributed by atoms with Gasteiger partial charge in [0.05, 0.1) is 25.0 Å². The van der Waals surface area contributed by atoms with Crippen molar-refractivity contribution < 1.29 is 9.47 Å². The third-order valence-corrected chi connectivity index (χ3v) is 2.87. The minimum atomic E-state index is -0.163. The lowest BCUT2D eigenvalue weighted by Gasteiger charge is -2.12. The highest BCUT2D eigenvalue weighted by molar-refractivity contribution is 5.39. The fraction of sp³-hybridized carbons (Fsp3) is 0.333. The molecule has 6 heteroatoms. The first kappa shape index (κ1) is 14.9. The summed E-state index contributed by atoms with van der Waals surface area (Å²) in [5.74, 6) is 1.37. The lowest BCUT2D eigenvalue weighted by Crippen LogP contribution is -2.25. The van der Waals surface area contributed by atoms with Crippen LogP contribution in [-0.4, -0.2) is 30.0 Å². The number of hydrogen-bond donors (Lipinski definition) is 1. The van der Waals surface area contributed by atoms with E-state index in [0.717, 1.165) is 0 Å². The van der Waals surface area contributed by atoms with Gasteiger partial charge in [-0.2, -0.15) is 5.10 Å². The minimum absolute atomic E-state index is 0.163. The summed E-state index contributed by atoms with van der Waals surface area (Å²) in [5.41, 5.74) is 0.530. The van der Waals surface area contributed by atoms with Crippen molar-refractivity contribution >= 4 is 5.69 Å². The first-order valence-electron chi connectivity index (χ1n) is 6.84. The highest BCUT2D eigenvalue weighted by Gasteiger charge is 2.04. The van der Waals surface area contributed by atoms with E-state index in [4.69, 9.17) is 9.47 Å². The Kier molecular flexibility index (Phi) is 5.20. The fourth-order valence-corrected chi connectivity index (χ4v) is 1.82. The highest BCUT2D eigenvalue weighted by atomic mass is 16.5. The zero-order valence-corrected chi connectivity index (χ0v) is 12.2. The molecule has 2 aromatic rings. The van der Waals surface area contributed by atoms with Gasteiger partial charge in [0.2, 0.25) is 0 Å². The van der Waals surface area contributed by atoms with Gasteiger partial charge in [0, 0.05) is 13.1 Å². The molecule has 0 radical (unpaired) electrons. The maximum Gasteiger partial charge on any atom is 0.268 e. The molecular weight excluding hydrogens is 270 g/mol. The number of anilines is 1. The van der Waals surface area contributed by atoms with Crippen molar-refractivity contribution in [2.24, 2.45) is 0 Å². The maximum absolute atomic E-state index is 11.8. The molecule has 0 fully saturated rings. The van der Waals surface area contributed by atoms with Crippen LogP contribution in [0.25, 0.3) is 0 Å². The van der Waals surface area contributed by atoms with E-state index in [1.54, 1.807) is 13.2 Å². The van der Waals surface area contributed by atoms with Gasteiger partial charge in [0.25, 0.3) is 5.56 Å². The molecule has 112 valence electrons. The summed E-state index contributed by atoms with van der Waals surface area (Å²) in [6.07, 6.45) is 1.61. The Morgan fingerprint density at radius 3 is 2.57 bits per heavy atom. The summed E-state index contributed by atoms with van der Waals surface area (Å²) >= 11 is 0. The van der Waals surface area contributed by atoms with E-state index in [-0.39, 0.29) is 5.56 Å². The molecule has 0 spiro atoms. The minimum Gasteiger partial charge on any atom is -0.490 e. The van der Waals surface area contributed by atoms with Crippen LogP contribution in [0.1, 0.15) is 6.92 Å². The smallest absolute Gasteiger partial charge is 0.268 e. The molecule has 1 heterocycles.